The van der Waals surface area contributed by atoms with Gasteiger partial charge in [0.15, 0.2) is 11.6 Å². The maximum Gasteiger partial charge on any atom is 0.159 e. The number of benzene rings is 3. The molecule has 0 saturated carbocycles. The minimum absolute atomic E-state index is 0.435. The molecule has 1 heterocycles. The van der Waals surface area contributed by atoms with Gasteiger partial charge in [0.2, 0.25) is 0 Å². The SMILES string of the molecule is Cc1c(Cl)cccc1Nc1ncnc(Nc2cccc3ccccc23)c1N. The van der Waals surface area contributed by atoms with Gasteiger partial charge in [-0.3, -0.25) is 0 Å². The lowest BCUT2D eigenvalue weighted by Crippen LogP contribution is -2.06. The average Bonchev–Trinajstić information content (AvgIpc) is 2.69. The average molecular weight is 376 g/mol. The van der Waals surface area contributed by atoms with E-state index in [9.17, 15) is 0 Å². The molecule has 0 bridgehead atoms. The molecule has 0 aliphatic carbocycles. The Bertz CT molecular complexity index is 1120. The molecule has 0 unspecified atom stereocenters. The van der Waals surface area contributed by atoms with Gasteiger partial charge in [0.05, 0.1) is 0 Å². The first-order valence-electron chi connectivity index (χ1n) is 8.51. The number of aromatic nitrogens is 2. The smallest absolute Gasteiger partial charge is 0.159 e. The molecule has 4 N–H and O–H groups in total. The van der Waals surface area contributed by atoms with Crippen LogP contribution in [0.25, 0.3) is 10.8 Å². The van der Waals surface area contributed by atoms with Crippen molar-refractivity contribution in [1.29, 1.82) is 0 Å². The van der Waals surface area contributed by atoms with Crippen molar-refractivity contribution >= 4 is 51.1 Å². The van der Waals surface area contributed by atoms with Crippen molar-refractivity contribution in [3.05, 3.63) is 77.6 Å². The lowest BCUT2D eigenvalue weighted by Gasteiger charge is -2.15. The Balaban J connectivity index is 1.69. The van der Waals surface area contributed by atoms with Crippen LogP contribution in [-0.4, -0.2) is 9.97 Å². The molecule has 0 atom stereocenters. The predicted octanol–water partition coefficient (Wildman–Crippen LogP) is 5.66. The third-order valence-corrected chi connectivity index (χ3v) is 4.86. The first-order valence-corrected chi connectivity index (χ1v) is 8.88. The molecule has 27 heavy (non-hydrogen) atoms. The van der Waals surface area contributed by atoms with Crippen LogP contribution in [0.15, 0.2) is 67.0 Å². The number of nitrogens with zero attached hydrogens (tertiary/aromatic N) is 2. The number of anilines is 5. The van der Waals surface area contributed by atoms with Gasteiger partial charge in [-0.1, -0.05) is 54.1 Å². The standard InChI is InChI=1S/C21H18ClN5/c1-13-16(22)9-5-10-17(13)26-20-19(23)21(25-12-24-20)27-18-11-4-7-14-6-2-3-8-15(14)18/h2-12H,23H2,1H3,(H2,24,25,26,27). The summed E-state index contributed by atoms with van der Waals surface area (Å²) >= 11 is 6.20. The first kappa shape index (κ1) is 17.1. The zero-order valence-electron chi connectivity index (χ0n) is 14.7. The third-order valence-electron chi connectivity index (χ3n) is 4.45. The number of nitrogen functional groups attached to an aromatic ring is 1. The summed E-state index contributed by atoms with van der Waals surface area (Å²) < 4.78 is 0. The van der Waals surface area contributed by atoms with Crippen LogP contribution in [0.1, 0.15) is 5.56 Å². The highest BCUT2D eigenvalue weighted by molar-refractivity contribution is 6.31. The van der Waals surface area contributed by atoms with Crippen molar-refractivity contribution < 1.29 is 0 Å². The zero-order valence-corrected chi connectivity index (χ0v) is 15.5. The molecule has 0 saturated heterocycles. The summed E-state index contributed by atoms with van der Waals surface area (Å²) in [6.45, 7) is 1.94. The topological polar surface area (TPSA) is 75.9 Å². The number of hydrogen-bond donors (Lipinski definition) is 3. The lowest BCUT2D eigenvalue weighted by molar-refractivity contribution is 1.17. The quantitative estimate of drug-likeness (QED) is 0.429. The molecule has 134 valence electrons. The summed E-state index contributed by atoms with van der Waals surface area (Å²) in [5.74, 6) is 1.07. The van der Waals surface area contributed by atoms with Crippen LogP contribution in [0, 0.1) is 6.92 Å². The summed E-state index contributed by atoms with van der Waals surface area (Å²) in [6.07, 6.45) is 1.48. The molecule has 3 aromatic carbocycles. The molecular weight excluding hydrogens is 358 g/mol. The molecule has 1 aromatic heterocycles. The molecule has 4 rings (SSSR count). The fourth-order valence-corrected chi connectivity index (χ4v) is 3.10. The largest absolute Gasteiger partial charge is 0.393 e. The van der Waals surface area contributed by atoms with Gasteiger partial charge in [0, 0.05) is 21.8 Å². The second-order valence-corrected chi connectivity index (χ2v) is 6.58. The van der Waals surface area contributed by atoms with Gasteiger partial charge in [0.1, 0.15) is 12.0 Å². The van der Waals surface area contributed by atoms with Crippen molar-refractivity contribution in [2.24, 2.45) is 0 Å². The van der Waals surface area contributed by atoms with Gasteiger partial charge in [-0.15, -0.1) is 0 Å². The zero-order chi connectivity index (χ0) is 18.8. The molecular formula is C21H18ClN5. The Hall–Kier alpha value is -3.31. The summed E-state index contributed by atoms with van der Waals surface area (Å²) in [4.78, 5) is 8.59. The second kappa shape index (κ2) is 7.13. The van der Waals surface area contributed by atoms with Crippen molar-refractivity contribution in [3.8, 4) is 0 Å². The van der Waals surface area contributed by atoms with Crippen LogP contribution in [0.5, 0.6) is 0 Å². The molecule has 0 aliphatic heterocycles. The van der Waals surface area contributed by atoms with Gasteiger partial charge in [-0.05, 0) is 36.1 Å². The van der Waals surface area contributed by atoms with Gasteiger partial charge in [-0.25, -0.2) is 9.97 Å². The van der Waals surface area contributed by atoms with Gasteiger partial charge in [0.25, 0.3) is 0 Å². The van der Waals surface area contributed by atoms with E-state index in [4.69, 9.17) is 17.3 Å². The van der Waals surface area contributed by atoms with E-state index < -0.39 is 0 Å². The Labute approximate surface area is 162 Å². The summed E-state index contributed by atoms with van der Waals surface area (Å²) in [6, 6.07) is 19.9. The number of rotatable bonds is 4. The summed E-state index contributed by atoms with van der Waals surface area (Å²) in [5.41, 5.74) is 9.48. The Kier molecular flexibility index (Phi) is 4.52. The van der Waals surface area contributed by atoms with E-state index in [1.807, 2.05) is 49.4 Å². The van der Waals surface area contributed by atoms with E-state index in [1.165, 1.54) is 6.33 Å². The summed E-state index contributed by atoms with van der Waals surface area (Å²) in [5, 5.41) is 9.49. The normalized spacial score (nSPS) is 10.7. The van der Waals surface area contributed by atoms with Crippen LogP contribution in [0.2, 0.25) is 5.02 Å². The Morgan fingerprint density at radius 3 is 2.26 bits per heavy atom. The van der Waals surface area contributed by atoms with E-state index in [0.717, 1.165) is 27.7 Å². The van der Waals surface area contributed by atoms with Crippen LogP contribution >= 0.6 is 11.6 Å². The number of nitrogens with two attached hydrogens (primary N) is 1. The van der Waals surface area contributed by atoms with E-state index >= 15 is 0 Å². The molecule has 0 aliphatic rings. The van der Waals surface area contributed by atoms with E-state index in [1.54, 1.807) is 0 Å². The number of fused-ring (bicyclic) bond motifs is 1. The highest BCUT2D eigenvalue weighted by atomic mass is 35.5. The molecule has 0 spiro atoms. The van der Waals surface area contributed by atoms with Crippen LogP contribution in [-0.2, 0) is 0 Å². The van der Waals surface area contributed by atoms with Crippen molar-refractivity contribution in [2.75, 3.05) is 16.4 Å². The fraction of sp³-hybridized carbons (Fsp3) is 0.0476. The van der Waals surface area contributed by atoms with E-state index in [-0.39, 0.29) is 0 Å². The summed E-state index contributed by atoms with van der Waals surface area (Å²) in [7, 11) is 0. The van der Waals surface area contributed by atoms with Crippen LogP contribution < -0.4 is 16.4 Å². The number of nitrogens with one attached hydrogen (secondary N) is 2. The molecule has 6 heteroatoms. The van der Waals surface area contributed by atoms with Crippen molar-refractivity contribution in [2.45, 2.75) is 6.92 Å². The van der Waals surface area contributed by atoms with Gasteiger partial charge >= 0.3 is 0 Å². The number of hydrogen-bond acceptors (Lipinski definition) is 5. The highest BCUT2D eigenvalue weighted by Gasteiger charge is 2.11. The third kappa shape index (κ3) is 3.37. The van der Waals surface area contributed by atoms with Crippen molar-refractivity contribution in [1.82, 2.24) is 9.97 Å². The Morgan fingerprint density at radius 1 is 0.815 bits per heavy atom. The maximum atomic E-state index is 6.33. The monoisotopic (exact) mass is 375 g/mol. The highest BCUT2D eigenvalue weighted by Crippen LogP contribution is 2.32. The second-order valence-electron chi connectivity index (χ2n) is 6.17. The minimum Gasteiger partial charge on any atom is -0.393 e. The van der Waals surface area contributed by atoms with E-state index in [2.05, 4.69) is 38.8 Å². The number of halogens is 1. The first-order chi connectivity index (χ1) is 13.1. The molecule has 5 nitrogen and oxygen atoms in total. The van der Waals surface area contributed by atoms with Gasteiger partial charge < -0.3 is 16.4 Å². The molecule has 0 radical (unpaired) electrons. The van der Waals surface area contributed by atoms with Crippen molar-refractivity contribution in [3.63, 3.8) is 0 Å². The van der Waals surface area contributed by atoms with Crippen LogP contribution in [0.4, 0.5) is 28.7 Å². The Morgan fingerprint density at radius 2 is 1.44 bits per heavy atom. The maximum absolute atomic E-state index is 6.33. The molecule has 0 fully saturated rings. The fourth-order valence-electron chi connectivity index (χ4n) is 2.93. The molecule has 0 amide bonds. The van der Waals surface area contributed by atoms with E-state index in [0.29, 0.717) is 22.3 Å². The van der Waals surface area contributed by atoms with Crippen LogP contribution in [0.3, 0.4) is 0 Å². The van der Waals surface area contributed by atoms with Gasteiger partial charge in [-0.2, -0.15) is 0 Å². The predicted molar refractivity (Wildman–Crippen MR) is 113 cm³/mol. The minimum atomic E-state index is 0.435. The lowest BCUT2D eigenvalue weighted by atomic mass is 10.1. The molecule has 4 aromatic rings.